The van der Waals surface area contributed by atoms with Gasteiger partial charge in [0.1, 0.15) is 0 Å². The number of benzene rings is 1. The predicted molar refractivity (Wildman–Crippen MR) is 72.9 cm³/mol. The van der Waals surface area contributed by atoms with E-state index in [2.05, 4.69) is 10.1 Å². The molecule has 0 saturated carbocycles. The number of aromatic nitrogens is 2. The fraction of sp³-hybridized carbons (Fsp3) is 0.385. The van der Waals surface area contributed by atoms with E-state index in [-0.39, 0.29) is 17.6 Å². The lowest BCUT2D eigenvalue weighted by Crippen LogP contribution is -2.16. The zero-order valence-corrected chi connectivity index (χ0v) is 11.5. The van der Waals surface area contributed by atoms with Gasteiger partial charge in [-0.05, 0) is 18.4 Å². The Labute approximate surface area is 115 Å². The molecule has 0 spiro atoms. The van der Waals surface area contributed by atoms with Crippen molar-refractivity contribution in [2.24, 2.45) is 11.7 Å². The lowest BCUT2D eigenvalue weighted by molar-refractivity contribution is -0.384. The highest BCUT2D eigenvalue weighted by Crippen LogP contribution is 2.27. The van der Waals surface area contributed by atoms with Crippen LogP contribution in [0.4, 0.5) is 5.69 Å². The van der Waals surface area contributed by atoms with Crippen LogP contribution in [0.2, 0.25) is 0 Å². The van der Waals surface area contributed by atoms with Gasteiger partial charge >= 0.3 is 0 Å². The highest BCUT2D eigenvalue weighted by atomic mass is 16.6. The molecule has 1 heterocycles. The molecule has 1 aromatic carbocycles. The zero-order valence-electron chi connectivity index (χ0n) is 11.5. The monoisotopic (exact) mass is 276 g/mol. The summed E-state index contributed by atoms with van der Waals surface area (Å²) in [4.78, 5) is 14.6. The maximum atomic E-state index is 10.8. The number of nitro benzene ring substituents is 1. The minimum absolute atomic E-state index is 0.00916. The van der Waals surface area contributed by atoms with Gasteiger partial charge in [-0.25, -0.2) is 0 Å². The summed E-state index contributed by atoms with van der Waals surface area (Å²) < 4.78 is 5.14. The first kappa shape index (κ1) is 14.1. The van der Waals surface area contributed by atoms with Gasteiger partial charge in [0.05, 0.1) is 11.0 Å². The smallest absolute Gasteiger partial charge is 0.270 e. The molecule has 2 aromatic rings. The van der Waals surface area contributed by atoms with Crippen molar-refractivity contribution in [2.75, 3.05) is 0 Å². The summed E-state index contributed by atoms with van der Waals surface area (Å²) in [7, 11) is 0. The first-order valence-corrected chi connectivity index (χ1v) is 6.24. The Morgan fingerprint density at radius 3 is 2.70 bits per heavy atom. The Morgan fingerprint density at radius 1 is 1.40 bits per heavy atom. The van der Waals surface area contributed by atoms with Crippen LogP contribution in [0.3, 0.4) is 0 Å². The van der Waals surface area contributed by atoms with Crippen LogP contribution < -0.4 is 5.73 Å². The SMILES string of the molecule is Cc1ccc([N+](=O)[O-])cc1-c1noc([C@@H](N)C(C)C)n1. The number of aryl methyl sites for hydroxylation is 1. The van der Waals surface area contributed by atoms with Gasteiger partial charge in [0.25, 0.3) is 5.69 Å². The van der Waals surface area contributed by atoms with Crippen LogP contribution in [0.15, 0.2) is 22.7 Å². The summed E-state index contributed by atoms with van der Waals surface area (Å²) in [6, 6.07) is 4.19. The number of nitrogens with zero attached hydrogens (tertiary/aromatic N) is 3. The molecular weight excluding hydrogens is 260 g/mol. The second-order valence-electron chi connectivity index (χ2n) is 4.98. The Kier molecular flexibility index (Phi) is 3.80. The second-order valence-corrected chi connectivity index (χ2v) is 4.98. The second kappa shape index (κ2) is 5.38. The molecule has 7 nitrogen and oxygen atoms in total. The third-order valence-corrected chi connectivity index (χ3v) is 3.12. The molecule has 106 valence electrons. The molecule has 1 aromatic heterocycles. The Morgan fingerprint density at radius 2 is 2.10 bits per heavy atom. The lowest BCUT2D eigenvalue weighted by atomic mass is 10.1. The van der Waals surface area contributed by atoms with E-state index in [9.17, 15) is 10.1 Å². The molecule has 7 heteroatoms. The molecule has 2 rings (SSSR count). The third kappa shape index (κ3) is 2.67. The molecule has 0 radical (unpaired) electrons. The van der Waals surface area contributed by atoms with Crippen molar-refractivity contribution < 1.29 is 9.45 Å². The number of non-ortho nitro benzene ring substituents is 1. The number of hydrogen-bond acceptors (Lipinski definition) is 6. The molecule has 0 aliphatic carbocycles. The molecule has 20 heavy (non-hydrogen) atoms. The van der Waals surface area contributed by atoms with Gasteiger partial charge in [-0.2, -0.15) is 4.98 Å². The van der Waals surface area contributed by atoms with Crippen molar-refractivity contribution in [1.29, 1.82) is 0 Å². The molecule has 0 bridgehead atoms. The van der Waals surface area contributed by atoms with Gasteiger partial charge in [-0.15, -0.1) is 0 Å². The molecule has 1 atom stereocenters. The highest BCUT2D eigenvalue weighted by molar-refractivity contribution is 5.63. The van der Waals surface area contributed by atoms with Crippen LogP contribution in [0.5, 0.6) is 0 Å². The largest absolute Gasteiger partial charge is 0.337 e. The predicted octanol–water partition coefficient (Wildman–Crippen LogP) is 2.61. The van der Waals surface area contributed by atoms with E-state index < -0.39 is 4.92 Å². The Balaban J connectivity index is 2.42. The summed E-state index contributed by atoms with van der Waals surface area (Å²) >= 11 is 0. The molecule has 0 aliphatic rings. The first-order chi connectivity index (χ1) is 9.40. The summed E-state index contributed by atoms with van der Waals surface area (Å²) in [5, 5.41) is 14.7. The maximum Gasteiger partial charge on any atom is 0.270 e. The summed E-state index contributed by atoms with van der Waals surface area (Å²) in [6.45, 7) is 5.73. The fourth-order valence-electron chi connectivity index (χ4n) is 1.73. The molecule has 0 aliphatic heterocycles. The van der Waals surface area contributed by atoms with Crippen molar-refractivity contribution in [3.8, 4) is 11.4 Å². The topological polar surface area (TPSA) is 108 Å². The third-order valence-electron chi connectivity index (χ3n) is 3.12. The summed E-state index contributed by atoms with van der Waals surface area (Å²) in [5.74, 6) is 0.813. The van der Waals surface area contributed by atoms with Crippen molar-refractivity contribution in [3.63, 3.8) is 0 Å². The average molecular weight is 276 g/mol. The molecular formula is C13H16N4O3. The van der Waals surface area contributed by atoms with E-state index in [1.54, 1.807) is 6.07 Å². The molecule has 0 fully saturated rings. The minimum atomic E-state index is -0.455. The van der Waals surface area contributed by atoms with Gasteiger partial charge < -0.3 is 10.3 Å². The van der Waals surface area contributed by atoms with Crippen molar-refractivity contribution in [3.05, 3.63) is 39.8 Å². The quantitative estimate of drug-likeness (QED) is 0.679. The van der Waals surface area contributed by atoms with Crippen LogP contribution in [-0.2, 0) is 0 Å². The van der Waals surface area contributed by atoms with Crippen molar-refractivity contribution in [2.45, 2.75) is 26.8 Å². The van der Waals surface area contributed by atoms with Gasteiger partial charge in [-0.3, -0.25) is 10.1 Å². The molecule has 2 N–H and O–H groups in total. The number of rotatable bonds is 4. The van der Waals surface area contributed by atoms with Crippen LogP contribution >= 0.6 is 0 Å². The van der Waals surface area contributed by atoms with Crippen LogP contribution in [-0.4, -0.2) is 15.1 Å². The average Bonchev–Trinajstić information content (AvgIpc) is 2.87. The van der Waals surface area contributed by atoms with Gasteiger partial charge in [0, 0.05) is 17.7 Å². The highest BCUT2D eigenvalue weighted by Gasteiger charge is 2.20. The Bertz CT molecular complexity index is 636. The van der Waals surface area contributed by atoms with Crippen LogP contribution in [0.25, 0.3) is 11.4 Å². The fourth-order valence-corrected chi connectivity index (χ4v) is 1.73. The number of nitro groups is 1. The van der Waals surface area contributed by atoms with Gasteiger partial charge in [0.15, 0.2) is 0 Å². The van der Waals surface area contributed by atoms with E-state index in [1.165, 1.54) is 12.1 Å². The first-order valence-electron chi connectivity index (χ1n) is 6.24. The summed E-state index contributed by atoms with van der Waals surface area (Å²) in [6.07, 6.45) is 0. The minimum Gasteiger partial charge on any atom is -0.337 e. The van der Waals surface area contributed by atoms with E-state index in [0.29, 0.717) is 17.3 Å². The maximum absolute atomic E-state index is 10.8. The van der Waals surface area contributed by atoms with Crippen LogP contribution in [0, 0.1) is 23.0 Å². The lowest BCUT2D eigenvalue weighted by Gasteiger charge is -2.09. The summed E-state index contributed by atoms with van der Waals surface area (Å²) in [5.41, 5.74) is 7.34. The van der Waals surface area contributed by atoms with Crippen molar-refractivity contribution in [1.82, 2.24) is 10.1 Å². The van der Waals surface area contributed by atoms with Gasteiger partial charge in [-0.1, -0.05) is 25.1 Å². The van der Waals surface area contributed by atoms with Crippen molar-refractivity contribution >= 4 is 5.69 Å². The van der Waals surface area contributed by atoms with Crippen LogP contribution in [0.1, 0.15) is 31.3 Å². The zero-order chi connectivity index (χ0) is 14.9. The number of hydrogen-bond donors (Lipinski definition) is 1. The van der Waals surface area contributed by atoms with E-state index in [0.717, 1.165) is 5.56 Å². The van der Waals surface area contributed by atoms with E-state index >= 15 is 0 Å². The molecule has 0 unspecified atom stereocenters. The Hall–Kier alpha value is -2.28. The van der Waals surface area contributed by atoms with E-state index in [4.69, 9.17) is 10.3 Å². The van der Waals surface area contributed by atoms with E-state index in [1.807, 2.05) is 20.8 Å². The molecule has 0 amide bonds. The molecule has 0 saturated heterocycles. The number of nitrogens with two attached hydrogens (primary N) is 1. The standard InChI is InChI=1S/C13H16N4O3/c1-7(2)11(14)13-15-12(16-20-13)10-6-9(17(18)19)5-4-8(10)3/h4-7,11H,14H2,1-3H3/t11-/m0/s1. The van der Waals surface area contributed by atoms with Gasteiger partial charge in [0.2, 0.25) is 11.7 Å². The normalized spacial score (nSPS) is 12.7.